The van der Waals surface area contributed by atoms with Crippen molar-refractivity contribution in [3.05, 3.63) is 32.8 Å². The third kappa shape index (κ3) is 4.06. The van der Waals surface area contributed by atoms with E-state index in [1.807, 2.05) is 32.9 Å². The van der Waals surface area contributed by atoms with Gasteiger partial charge < -0.3 is 14.9 Å². The minimum absolute atomic E-state index is 0.0410. The molecule has 2 rings (SSSR count). The van der Waals surface area contributed by atoms with E-state index in [1.165, 1.54) is 0 Å². The SMILES string of the molecule is CCc1n[nH]c(=S)n1NCc1c(Br)ccc(OC)c1OC(C)C. The summed E-state index contributed by atoms with van der Waals surface area (Å²) in [6, 6.07) is 3.82. The smallest absolute Gasteiger partial charge is 0.214 e. The third-order valence-corrected chi connectivity index (χ3v) is 4.23. The van der Waals surface area contributed by atoms with Crippen molar-refractivity contribution < 1.29 is 9.47 Å². The second-order valence-electron chi connectivity index (χ2n) is 5.19. The Morgan fingerprint density at radius 2 is 2.17 bits per heavy atom. The Kier molecular flexibility index (Phi) is 6.06. The van der Waals surface area contributed by atoms with E-state index in [0.29, 0.717) is 17.1 Å². The Bertz CT molecular complexity index is 727. The van der Waals surface area contributed by atoms with Crippen molar-refractivity contribution in [2.75, 3.05) is 12.5 Å². The highest BCUT2D eigenvalue weighted by molar-refractivity contribution is 9.10. The number of hydrogen-bond acceptors (Lipinski definition) is 5. The molecule has 0 unspecified atom stereocenters. The summed E-state index contributed by atoms with van der Waals surface area (Å²) >= 11 is 8.84. The van der Waals surface area contributed by atoms with E-state index in [1.54, 1.807) is 11.8 Å². The van der Waals surface area contributed by atoms with E-state index >= 15 is 0 Å². The van der Waals surface area contributed by atoms with Crippen LogP contribution in [0.15, 0.2) is 16.6 Å². The minimum atomic E-state index is 0.0410. The van der Waals surface area contributed by atoms with Crippen LogP contribution in [-0.4, -0.2) is 28.1 Å². The predicted molar refractivity (Wildman–Crippen MR) is 96.3 cm³/mol. The normalized spacial score (nSPS) is 10.9. The van der Waals surface area contributed by atoms with Crippen LogP contribution in [0.4, 0.5) is 0 Å². The highest BCUT2D eigenvalue weighted by Crippen LogP contribution is 2.37. The molecule has 1 aromatic carbocycles. The molecule has 6 nitrogen and oxygen atoms in total. The molecule has 0 saturated carbocycles. The summed E-state index contributed by atoms with van der Waals surface area (Å²) in [5.41, 5.74) is 4.25. The van der Waals surface area contributed by atoms with E-state index in [9.17, 15) is 0 Å². The standard InChI is InChI=1S/C15H21BrN4O2S/c1-5-13-18-19-15(23)20(13)17-8-10-11(16)6-7-12(21-4)14(10)22-9(2)3/h6-7,9,17H,5,8H2,1-4H3,(H,19,23). The van der Waals surface area contributed by atoms with Gasteiger partial charge in [0.25, 0.3) is 0 Å². The Morgan fingerprint density at radius 1 is 1.43 bits per heavy atom. The number of nitrogens with one attached hydrogen (secondary N) is 2. The first-order valence-corrected chi connectivity index (χ1v) is 8.60. The van der Waals surface area contributed by atoms with Crippen LogP contribution in [0.25, 0.3) is 0 Å². The van der Waals surface area contributed by atoms with Gasteiger partial charge in [0.15, 0.2) is 17.3 Å². The van der Waals surface area contributed by atoms with Gasteiger partial charge >= 0.3 is 0 Å². The van der Waals surface area contributed by atoms with E-state index < -0.39 is 0 Å². The summed E-state index contributed by atoms with van der Waals surface area (Å²) in [4.78, 5) is 0. The molecule has 126 valence electrons. The van der Waals surface area contributed by atoms with Gasteiger partial charge in [-0.3, -0.25) is 5.10 Å². The third-order valence-electron chi connectivity index (χ3n) is 3.21. The van der Waals surface area contributed by atoms with Gasteiger partial charge in [0.05, 0.1) is 19.8 Å². The predicted octanol–water partition coefficient (Wildman–Crippen LogP) is 3.81. The number of aryl methyl sites for hydroxylation is 1. The maximum atomic E-state index is 5.95. The Balaban J connectivity index is 2.34. The van der Waals surface area contributed by atoms with Gasteiger partial charge in [0, 0.05) is 16.5 Å². The molecular weight excluding hydrogens is 380 g/mol. The molecule has 2 N–H and O–H groups in total. The van der Waals surface area contributed by atoms with Crippen LogP contribution in [0, 0.1) is 4.77 Å². The molecule has 1 aromatic heterocycles. The van der Waals surface area contributed by atoms with Crippen LogP contribution < -0.4 is 14.9 Å². The van der Waals surface area contributed by atoms with Crippen molar-refractivity contribution in [3.8, 4) is 11.5 Å². The number of nitrogens with zero attached hydrogens (tertiary/aromatic N) is 2. The topological polar surface area (TPSA) is 64.1 Å². The van der Waals surface area contributed by atoms with Crippen molar-refractivity contribution in [2.24, 2.45) is 0 Å². The van der Waals surface area contributed by atoms with Crippen LogP contribution in [0.1, 0.15) is 32.2 Å². The van der Waals surface area contributed by atoms with Crippen molar-refractivity contribution in [2.45, 2.75) is 39.8 Å². The molecule has 0 radical (unpaired) electrons. The lowest BCUT2D eigenvalue weighted by Crippen LogP contribution is -2.19. The average Bonchev–Trinajstić information content (AvgIpc) is 2.87. The molecule has 0 saturated heterocycles. The van der Waals surface area contributed by atoms with E-state index in [4.69, 9.17) is 21.7 Å². The molecular formula is C15H21BrN4O2S. The van der Waals surface area contributed by atoms with Gasteiger partial charge in [-0.1, -0.05) is 22.9 Å². The first-order valence-electron chi connectivity index (χ1n) is 7.40. The first kappa shape index (κ1) is 17.8. The summed E-state index contributed by atoms with van der Waals surface area (Å²) < 4.78 is 14.6. The van der Waals surface area contributed by atoms with Crippen molar-refractivity contribution in [1.82, 2.24) is 14.9 Å². The monoisotopic (exact) mass is 400 g/mol. The highest BCUT2D eigenvalue weighted by Gasteiger charge is 2.16. The average molecular weight is 401 g/mol. The Hall–Kier alpha value is -1.54. The van der Waals surface area contributed by atoms with Gasteiger partial charge in [-0.25, -0.2) is 4.68 Å². The fourth-order valence-corrected chi connectivity index (χ4v) is 2.83. The summed E-state index contributed by atoms with van der Waals surface area (Å²) in [6.45, 7) is 6.51. The zero-order valence-electron chi connectivity index (χ0n) is 13.6. The molecule has 0 aliphatic rings. The molecule has 0 amide bonds. The number of halogens is 1. The molecule has 23 heavy (non-hydrogen) atoms. The van der Waals surface area contributed by atoms with Gasteiger partial charge in [-0.05, 0) is 38.2 Å². The number of rotatable bonds is 7. The molecule has 0 aliphatic carbocycles. The summed E-state index contributed by atoms with van der Waals surface area (Å²) in [6.07, 6.45) is 0.814. The van der Waals surface area contributed by atoms with E-state index in [2.05, 4.69) is 31.6 Å². The maximum absolute atomic E-state index is 5.95. The number of aromatic nitrogens is 3. The lowest BCUT2D eigenvalue weighted by molar-refractivity contribution is 0.227. The van der Waals surface area contributed by atoms with Gasteiger partial charge in [-0.15, -0.1) is 0 Å². The molecule has 0 atom stereocenters. The fraction of sp³-hybridized carbons (Fsp3) is 0.467. The van der Waals surface area contributed by atoms with Crippen molar-refractivity contribution in [1.29, 1.82) is 0 Å². The van der Waals surface area contributed by atoms with E-state index in [-0.39, 0.29) is 6.10 Å². The second-order valence-corrected chi connectivity index (χ2v) is 6.43. The second kappa shape index (κ2) is 7.83. The number of H-pyrrole nitrogens is 1. The quantitative estimate of drug-likeness (QED) is 0.691. The molecule has 1 heterocycles. The molecule has 0 aliphatic heterocycles. The zero-order valence-corrected chi connectivity index (χ0v) is 16.0. The molecule has 0 bridgehead atoms. The number of ether oxygens (including phenoxy) is 2. The summed E-state index contributed by atoms with van der Waals surface area (Å²) in [5, 5.41) is 6.98. The summed E-state index contributed by atoms with van der Waals surface area (Å²) in [5.74, 6) is 2.27. The molecule has 0 fully saturated rings. The van der Waals surface area contributed by atoms with E-state index in [0.717, 1.165) is 28.0 Å². The lowest BCUT2D eigenvalue weighted by atomic mass is 10.2. The van der Waals surface area contributed by atoms with Crippen LogP contribution in [0.5, 0.6) is 11.5 Å². The van der Waals surface area contributed by atoms with Crippen LogP contribution in [-0.2, 0) is 13.0 Å². The van der Waals surface area contributed by atoms with Gasteiger partial charge in [0.1, 0.15) is 0 Å². The molecule has 2 aromatic rings. The highest BCUT2D eigenvalue weighted by atomic mass is 79.9. The number of benzene rings is 1. The van der Waals surface area contributed by atoms with Crippen LogP contribution in [0.2, 0.25) is 0 Å². The zero-order chi connectivity index (χ0) is 17.0. The summed E-state index contributed by atoms with van der Waals surface area (Å²) in [7, 11) is 1.63. The van der Waals surface area contributed by atoms with Crippen molar-refractivity contribution in [3.63, 3.8) is 0 Å². The molecule has 8 heteroatoms. The van der Waals surface area contributed by atoms with Crippen LogP contribution in [0.3, 0.4) is 0 Å². The largest absolute Gasteiger partial charge is 0.493 e. The lowest BCUT2D eigenvalue weighted by Gasteiger charge is -2.19. The number of methoxy groups -OCH3 is 1. The van der Waals surface area contributed by atoms with Crippen LogP contribution >= 0.6 is 28.1 Å². The van der Waals surface area contributed by atoms with Gasteiger partial charge in [0.2, 0.25) is 4.77 Å². The Morgan fingerprint density at radius 3 is 2.78 bits per heavy atom. The fourth-order valence-electron chi connectivity index (χ4n) is 2.16. The number of hydrogen-bond donors (Lipinski definition) is 2. The molecule has 0 spiro atoms. The Labute approximate surface area is 149 Å². The number of aromatic amines is 1. The first-order chi connectivity index (χ1) is 11.0. The van der Waals surface area contributed by atoms with Crippen molar-refractivity contribution >= 4 is 28.1 Å². The maximum Gasteiger partial charge on any atom is 0.214 e. The van der Waals surface area contributed by atoms with Gasteiger partial charge in [-0.2, -0.15) is 5.10 Å². The minimum Gasteiger partial charge on any atom is -0.493 e.